The van der Waals surface area contributed by atoms with Crippen molar-refractivity contribution in [2.45, 2.75) is 18.9 Å². The van der Waals surface area contributed by atoms with Gasteiger partial charge in [-0.05, 0) is 35.4 Å². The highest BCUT2D eigenvalue weighted by Gasteiger charge is 2.33. The normalized spacial score (nSPS) is 20.0. The number of rotatable bonds is 5. The van der Waals surface area contributed by atoms with E-state index in [0.717, 1.165) is 65.1 Å². The largest absolute Gasteiger partial charge is 0.370 e. The Morgan fingerprint density at radius 1 is 1.03 bits per heavy atom. The number of morpholine rings is 1. The fourth-order valence-corrected chi connectivity index (χ4v) is 4.34. The van der Waals surface area contributed by atoms with Crippen LogP contribution in [0, 0.1) is 0 Å². The van der Waals surface area contributed by atoms with Crippen LogP contribution in [-0.2, 0) is 9.53 Å². The van der Waals surface area contributed by atoms with Crippen LogP contribution >= 0.6 is 31.9 Å². The van der Waals surface area contributed by atoms with Gasteiger partial charge in [-0.25, -0.2) is 5.01 Å². The Morgan fingerprint density at radius 3 is 2.31 bits per heavy atom. The number of halogens is 2. The zero-order valence-corrected chi connectivity index (χ0v) is 19.3. The molecule has 29 heavy (non-hydrogen) atoms. The number of carbonyl (C=O) groups excluding carboxylic acids is 1. The summed E-state index contributed by atoms with van der Waals surface area (Å²) in [6.07, 6.45) is 1.22. The molecule has 0 radical (unpaired) electrons. The predicted octanol–water partition coefficient (Wildman–Crippen LogP) is 3.19. The second-order valence-corrected chi connectivity index (χ2v) is 9.26. The van der Waals surface area contributed by atoms with Gasteiger partial charge in [0.05, 0.1) is 37.9 Å². The highest BCUT2D eigenvalue weighted by molar-refractivity contribution is 9.10. The number of benzene rings is 2. The molecular formula is C22H24Br2N3O2+. The second kappa shape index (κ2) is 9.51. The topological polar surface area (TPSA) is 46.3 Å². The van der Waals surface area contributed by atoms with Crippen LogP contribution in [0.5, 0.6) is 0 Å². The number of ether oxygens (including phenoxy) is 1. The summed E-state index contributed by atoms with van der Waals surface area (Å²) < 4.78 is 7.48. The molecule has 0 bridgehead atoms. The molecule has 0 saturated carbocycles. The molecule has 5 nitrogen and oxygen atoms in total. The maximum absolute atomic E-state index is 13.1. The summed E-state index contributed by atoms with van der Waals surface area (Å²) in [5.41, 5.74) is 3.12. The average molecular weight is 522 g/mol. The summed E-state index contributed by atoms with van der Waals surface area (Å²) in [4.78, 5) is 14.6. The van der Waals surface area contributed by atoms with E-state index in [1.165, 1.54) is 4.90 Å². The quantitative estimate of drug-likeness (QED) is 0.656. The Labute approximate surface area is 188 Å². The van der Waals surface area contributed by atoms with Gasteiger partial charge in [0.2, 0.25) is 5.91 Å². The van der Waals surface area contributed by atoms with E-state index in [1.54, 1.807) is 5.01 Å². The number of hydrazone groups is 1. The lowest BCUT2D eigenvalue weighted by molar-refractivity contribution is -0.907. The van der Waals surface area contributed by atoms with E-state index in [2.05, 4.69) is 44.0 Å². The number of hydrogen-bond donors (Lipinski definition) is 1. The molecule has 7 heteroatoms. The zero-order valence-electron chi connectivity index (χ0n) is 16.1. The molecule has 2 aromatic rings. The van der Waals surface area contributed by atoms with E-state index in [9.17, 15) is 4.79 Å². The number of nitrogens with one attached hydrogen (secondary N) is 1. The van der Waals surface area contributed by atoms with Crippen LogP contribution in [0.1, 0.15) is 30.0 Å². The van der Waals surface area contributed by atoms with Crippen molar-refractivity contribution in [2.75, 3.05) is 32.8 Å². The van der Waals surface area contributed by atoms with Gasteiger partial charge in [-0.15, -0.1) is 0 Å². The first-order valence-corrected chi connectivity index (χ1v) is 11.5. The zero-order chi connectivity index (χ0) is 20.2. The molecule has 1 N–H and O–H groups in total. The number of carbonyl (C=O) groups is 1. The molecule has 2 aromatic carbocycles. The van der Waals surface area contributed by atoms with Gasteiger partial charge in [0.15, 0.2) is 0 Å². The van der Waals surface area contributed by atoms with Gasteiger partial charge in [-0.2, -0.15) is 5.10 Å². The van der Waals surface area contributed by atoms with Crippen LogP contribution in [0.15, 0.2) is 62.6 Å². The maximum atomic E-state index is 13.1. The second-order valence-electron chi connectivity index (χ2n) is 7.43. The summed E-state index contributed by atoms with van der Waals surface area (Å²) in [6.45, 7) is 4.32. The van der Waals surface area contributed by atoms with Gasteiger partial charge in [-0.1, -0.05) is 56.1 Å². The van der Waals surface area contributed by atoms with Crippen molar-refractivity contribution in [3.63, 3.8) is 0 Å². The Kier molecular flexibility index (Phi) is 6.80. The van der Waals surface area contributed by atoms with Gasteiger partial charge in [-0.3, -0.25) is 4.79 Å². The van der Waals surface area contributed by atoms with Crippen molar-refractivity contribution < 1.29 is 14.4 Å². The Balaban J connectivity index is 1.53. The lowest BCUT2D eigenvalue weighted by atomic mass is 9.98. The number of amides is 1. The van der Waals surface area contributed by atoms with E-state index in [4.69, 9.17) is 9.84 Å². The van der Waals surface area contributed by atoms with Crippen LogP contribution < -0.4 is 4.90 Å². The van der Waals surface area contributed by atoms with Crippen LogP contribution in [0.3, 0.4) is 0 Å². The van der Waals surface area contributed by atoms with Crippen molar-refractivity contribution >= 4 is 43.5 Å². The van der Waals surface area contributed by atoms with Gasteiger partial charge < -0.3 is 9.64 Å². The summed E-state index contributed by atoms with van der Waals surface area (Å²) in [6, 6.07) is 16.2. The van der Waals surface area contributed by atoms with Crippen molar-refractivity contribution in [1.29, 1.82) is 0 Å². The fourth-order valence-electron chi connectivity index (χ4n) is 3.81. The van der Waals surface area contributed by atoms with Crippen LogP contribution in [-0.4, -0.2) is 49.5 Å². The van der Waals surface area contributed by atoms with Gasteiger partial charge >= 0.3 is 0 Å². The van der Waals surface area contributed by atoms with E-state index in [1.807, 2.05) is 36.4 Å². The summed E-state index contributed by atoms with van der Waals surface area (Å²) in [7, 11) is 0. The first-order chi connectivity index (χ1) is 14.1. The third-order valence-electron chi connectivity index (χ3n) is 5.49. The van der Waals surface area contributed by atoms with Crippen molar-refractivity contribution in [1.82, 2.24) is 5.01 Å². The smallest absolute Gasteiger partial charge is 0.248 e. The SMILES string of the molecule is O=C(CC[NH+]1CCOCC1)N1N=C(c2ccc(Br)cc2)C[C@@H]1c1ccc(Br)cc1. The van der Waals surface area contributed by atoms with Crippen LogP contribution in [0.25, 0.3) is 0 Å². The van der Waals surface area contributed by atoms with E-state index < -0.39 is 0 Å². The molecule has 0 unspecified atom stereocenters. The lowest BCUT2D eigenvalue weighted by Crippen LogP contribution is -3.14. The number of nitrogens with zero attached hydrogens (tertiary/aromatic N) is 2. The van der Waals surface area contributed by atoms with Crippen LogP contribution in [0.4, 0.5) is 0 Å². The Morgan fingerprint density at radius 2 is 1.66 bits per heavy atom. The number of quaternary nitrogens is 1. The fraction of sp³-hybridized carbons (Fsp3) is 0.364. The minimum Gasteiger partial charge on any atom is -0.370 e. The Bertz CT molecular complexity index is 878. The molecule has 1 amide bonds. The molecule has 2 aliphatic heterocycles. The molecule has 152 valence electrons. The third kappa shape index (κ3) is 5.15. The highest BCUT2D eigenvalue weighted by atomic mass is 79.9. The third-order valence-corrected chi connectivity index (χ3v) is 6.55. The first-order valence-electron chi connectivity index (χ1n) is 9.92. The lowest BCUT2D eigenvalue weighted by Gasteiger charge is -2.25. The molecule has 1 atom stereocenters. The van der Waals surface area contributed by atoms with Crippen LogP contribution in [0.2, 0.25) is 0 Å². The molecule has 0 aromatic heterocycles. The van der Waals surface area contributed by atoms with E-state index in [0.29, 0.717) is 6.42 Å². The minimum absolute atomic E-state index is 0.0612. The van der Waals surface area contributed by atoms with Gasteiger partial charge in [0, 0.05) is 15.4 Å². The Hall–Kier alpha value is -1.54. The molecular weight excluding hydrogens is 498 g/mol. The minimum atomic E-state index is -0.0612. The molecule has 1 fully saturated rings. The average Bonchev–Trinajstić information content (AvgIpc) is 3.19. The molecule has 2 heterocycles. The highest BCUT2D eigenvalue weighted by Crippen LogP contribution is 2.34. The molecule has 1 saturated heterocycles. The van der Waals surface area contributed by atoms with Gasteiger partial charge in [0.25, 0.3) is 0 Å². The van der Waals surface area contributed by atoms with E-state index >= 15 is 0 Å². The van der Waals surface area contributed by atoms with E-state index in [-0.39, 0.29) is 11.9 Å². The number of hydrogen-bond acceptors (Lipinski definition) is 3. The molecule has 4 rings (SSSR count). The van der Waals surface area contributed by atoms with Gasteiger partial charge in [0.1, 0.15) is 13.1 Å². The van der Waals surface area contributed by atoms with Crippen molar-refractivity contribution in [2.24, 2.45) is 5.10 Å². The standard InChI is InChI=1S/C22H23Br2N3O2/c23-18-5-1-16(2-6-18)20-15-21(17-3-7-19(24)8-4-17)27(25-20)22(28)9-10-26-11-13-29-14-12-26/h1-8,21H,9-15H2/p+1/t21-/m1/s1. The molecule has 0 aliphatic carbocycles. The van der Waals surface area contributed by atoms with Crippen molar-refractivity contribution in [3.8, 4) is 0 Å². The molecule has 0 spiro atoms. The predicted molar refractivity (Wildman–Crippen MR) is 120 cm³/mol. The van der Waals surface area contributed by atoms with Crippen molar-refractivity contribution in [3.05, 3.63) is 68.6 Å². The summed E-state index contributed by atoms with van der Waals surface area (Å²) >= 11 is 6.98. The maximum Gasteiger partial charge on any atom is 0.248 e. The first kappa shape index (κ1) is 20.7. The summed E-state index contributed by atoms with van der Waals surface area (Å²) in [5.74, 6) is 0.0871. The monoisotopic (exact) mass is 520 g/mol. The molecule has 2 aliphatic rings. The summed E-state index contributed by atoms with van der Waals surface area (Å²) in [5, 5.41) is 6.48.